The van der Waals surface area contributed by atoms with Crippen molar-refractivity contribution in [3.05, 3.63) is 145 Å². The number of imide groups is 2. The summed E-state index contributed by atoms with van der Waals surface area (Å²) >= 11 is 0. The molecule has 4 amide bonds. The molecule has 0 fully saturated rings. The molecule has 6 rings (SSSR count). The molecular formula is C41H48N2O4. The molecule has 6 heteroatoms. The van der Waals surface area contributed by atoms with Gasteiger partial charge in [0.1, 0.15) is 0 Å². The highest BCUT2D eigenvalue weighted by Crippen LogP contribution is 2.22. The van der Waals surface area contributed by atoms with Crippen molar-refractivity contribution >= 4 is 35.0 Å². The Balaban J connectivity index is 0.000000322. The summed E-state index contributed by atoms with van der Waals surface area (Å²) in [5.41, 5.74) is 4.76. The van der Waals surface area contributed by atoms with Crippen molar-refractivity contribution in [3.8, 4) is 11.1 Å². The largest absolute Gasteiger partial charge is 0.269 e. The van der Waals surface area contributed by atoms with Gasteiger partial charge in [0.15, 0.2) is 0 Å². The van der Waals surface area contributed by atoms with E-state index in [0.29, 0.717) is 22.5 Å². The average molecular weight is 633 g/mol. The zero-order chi connectivity index (χ0) is 33.9. The topological polar surface area (TPSA) is 74.8 Å². The molecule has 0 unspecified atom stereocenters. The molecule has 4 aromatic carbocycles. The predicted molar refractivity (Wildman–Crippen MR) is 196 cm³/mol. The number of para-hydroxylation sites is 2. The lowest BCUT2D eigenvalue weighted by Crippen LogP contribution is -2.30. The molecule has 0 aliphatic carbocycles. The summed E-state index contributed by atoms with van der Waals surface area (Å²) in [6, 6.07) is 38.6. The Kier molecular flexibility index (Phi) is 18.1. The van der Waals surface area contributed by atoms with Crippen molar-refractivity contribution in [3.63, 3.8) is 0 Å². The van der Waals surface area contributed by atoms with Crippen LogP contribution in [0.5, 0.6) is 0 Å². The molecule has 0 radical (unpaired) electrons. The van der Waals surface area contributed by atoms with Crippen LogP contribution in [0, 0.1) is 0 Å². The van der Waals surface area contributed by atoms with Crippen LogP contribution in [-0.2, 0) is 19.2 Å². The van der Waals surface area contributed by atoms with E-state index in [4.69, 9.17) is 0 Å². The van der Waals surface area contributed by atoms with Crippen LogP contribution in [0.15, 0.2) is 145 Å². The molecule has 2 heterocycles. The van der Waals surface area contributed by atoms with E-state index in [1.165, 1.54) is 45.9 Å². The van der Waals surface area contributed by atoms with Crippen LogP contribution in [0.4, 0.5) is 11.4 Å². The molecule has 6 nitrogen and oxygen atoms in total. The third kappa shape index (κ3) is 12.2. The van der Waals surface area contributed by atoms with E-state index in [-0.39, 0.29) is 31.1 Å². The maximum absolute atomic E-state index is 11.6. The number of anilines is 2. The fraction of sp³-hybridized carbons (Fsp3) is 0.220. The average Bonchev–Trinajstić information content (AvgIpc) is 3.49. The summed E-state index contributed by atoms with van der Waals surface area (Å²) < 4.78 is 0. The van der Waals surface area contributed by atoms with E-state index in [2.05, 4.69) is 76.2 Å². The van der Waals surface area contributed by atoms with Crippen LogP contribution < -0.4 is 9.80 Å². The van der Waals surface area contributed by atoms with E-state index in [1.54, 1.807) is 62.4 Å². The molecule has 47 heavy (non-hydrogen) atoms. The van der Waals surface area contributed by atoms with Crippen LogP contribution in [-0.4, -0.2) is 23.6 Å². The maximum Gasteiger partial charge on any atom is 0.261 e. The molecule has 2 aliphatic rings. The van der Waals surface area contributed by atoms with Crippen LogP contribution in [0.1, 0.15) is 61.8 Å². The SMILES string of the molecule is C.CC1=CC(=O)N(c2ccccc2)C1=O.CC1=CC(=O)N(c2ccccc2)C1=O.CCC.CCC.c1ccc(-c2ccccc2)cc1. The molecule has 0 aromatic heterocycles. The van der Waals surface area contributed by atoms with Gasteiger partial charge in [-0.2, -0.15) is 0 Å². The Hall–Kier alpha value is -5.36. The first-order chi connectivity index (χ1) is 22.2. The van der Waals surface area contributed by atoms with Crippen molar-refractivity contribution in [1.82, 2.24) is 0 Å². The summed E-state index contributed by atoms with van der Waals surface area (Å²) in [5, 5.41) is 0. The van der Waals surface area contributed by atoms with Crippen LogP contribution in [0.25, 0.3) is 11.1 Å². The summed E-state index contributed by atoms with van der Waals surface area (Å²) in [4.78, 5) is 48.3. The number of carbonyl (C=O) groups excluding carboxylic acids is 4. The van der Waals surface area contributed by atoms with Crippen molar-refractivity contribution < 1.29 is 19.2 Å². The van der Waals surface area contributed by atoms with Crippen molar-refractivity contribution in [2.24, 2.45) is 0 Å². The first-order valence-electron chi connectivity index (χ1n) is 15.5. The lowest BCUT2D eigenvalue weighted by molar-refractivity contribution is -0.121. The fourth-order valence-corrected chi connectivity index (χ4v) is 4.08. The second-order valence-electron chi connectivity index (χ2n) is 10.4. The number of hydrogen-bond donors (Lipinski definition) is 0. The Morgan fingerprint density at radius 3 is 0.872 bits per heavy atom. The number of benzene rings is 4. The van der Waals surface area contributed by atoms with Gasteiger partial charge < -0.3 is 0 Å². The van der Waals surface area contributed by atoms with Gasteiger partial charge in [-0.05, 0) is 49.2 Å². The number of hydrogen-bond acceptors (Lipinski definition) is 4. The van der Waals surface area contributed by atoms with Gasteiger partial charge in [-0.25, -0.2) is 9.80 Å². The zero-order valence-electron chi connectivity index (χ0n) is 27.6. The van der Waals surface area contributed by atoms with E-state index in [1.807, 2.05) is 24.3 Å². The van der Waals surface area contributed by atoms with E-state index < -0.39 is 0 Å². The number of nitrogens with zero attached hydrogens (tertiary/aromatic N) is 2. The maximum atomic E-state index is 11.6. The summed E-state index contributed by atoms with van der Waals surface area (Å²) in [5.74, 6) is -1.00. The molecule has 0 spiro atoms. The van der Waals surface area contributed by atoms with E-state index in [9.17, 15) is 19.2 Å². The quantitative estimate of drug-likeness (QED) is 0.211. The predicted octanol–water partition coefficient (Wildman–Crippen LogP) is 9.83. The smallest absolute Gasteiger partial charge is 0.261 e. The fourth-order valence-electron chi connectivity index (χ4n) is 4.08. The van der Waals surface area contributed by atoms with Crippen molar-refractivity contribution in [2.75, 3.05) is 9.80 Å². The molecule has 0 bridgehead atoms. The Morgan fingerprint density at radius 2 is 0.660 bits per heavy atom. The minimum absolute atomic E-state index is 0. The van der Waals surface area contributed by atoms with E-state index >= 15 is 0 Å². The lowest BCUT2D eigenvalue weighted by Gasteiger charge is -2.13. The van der Waals surface area contributed by atoms with Gasteiger partial charge in [0.25, 0.3) is 23.6 Å². The van der Waals surface area contributed by atoms with Gasteiger partial charge in [-0.3, -0.25) is 19.2 Å². The van der Waals surface area contributed by atoms with Gasteiger partial charge in [0.05, 0.1) is 11.4 Å². The van der Waals surface area contributed by atoms with E-state index in [0.717, 1.165) is 0 Å². The molecule has 0 saturated heterocycles. The molecular weight excluding hydrogens is 584 g/mol. The van der Waals surface area contributed by atoms with Crippen molar-refractivity contribution in [2.45, 2.75) is 61.8 Å². The highest BCUT2D eigenvalue weighted by Gasteiger charge is 2.30. The standard InChI is InChI=1S/C12H10.2C11H9NO2.2C3H8.CH4/c1-3-7-11(8-4-1)12-9-5-2-6-10-12;2*1-8-7-10(13)12(11(8)14)9-5-3-2-4-6-9;2*1-3-2;/h1-10H;2*2-7H,1H3;2*3H2,1-2H3;1H4. The Morgan fingerprint density at radius 1 is 0.426 bits per heavy atom. The lowest BCUT2D eigenvalue weighted by atomic mass is 10.1. The Bertz CT molecular complexity index is 1470. The highest BCUT2D eigenvalue weighted by atomic mass is 16.2. The summed E-state index contributed by atoms with van der Waals surface area (Å²) in [7, 11) is 0. The molecule has 246 valence electrons. The van der Waals surface area contributed by atoms with Gasteiger partial charge >= 0.3 is 0 Å². The highest BCUT2D eigenvalue weighted by molar-refractivity contribution is 6.31. The number of amides is 4. The first-order valence-corrected chi connectivity index (χ1v) is 15.5. The number of carbonyl (C=O) groups is 4. The molecule has 0 N–H and O–H groups in total. The van der Waals surface area contributed by atoms with Gasteiger partial charge in [0.2, 0.25) is 0 Å². The minimum Gasteiger partial charge on any atom is -0.269 e. The molecule has 4 aromatic rings. The molecule has 2 aliphatic heterocycles. The van der Waals surface area contributed by atoms with Crippen LogP contribution >= 0.6 is 0 Å². The monoisotopic (exact) mass is 632 g/mol. The molecule has 0 atom stereocenters. The second-order valence-corrected chi connectivity index (χ2v) is 10.4. The zero-order valence-corrected chi connectivity index (χ0v) is 27.6. The third-order valence-corrected chi connectivity index (χ3v) is 6.11. The normalized spacial score (nSPS) is 12.8. The summed E-state index contributed by atoms with van der Waals surface area (Å²) in [6.07, 6.45) is 5.21. The van der Waals surface area contributed by atoms with Crippen LogP contribution in [0.3, 0.4) is 0 Å². The van der Waals surface area contributed by atoms with Gasteiger partial charge in [-0.15, -0.1) is 0 Å². The summed E-state index contributed by atoms with van der Waals surface area (Å²) in [6.45, 7) is 11.8. The van der Waals surface area contributed by atoms with Gasteiger partial charge in [0, 0.05) is 23.3 Å². The second kappa shape index (κ2) is 21.4. The third-order valence-electron chi connectivity index (χ3n) is 6.11. The number of rotatable bonds is 3. The van der Waals surface area contributed by atoms with Crippen LogP contribution in [0.2, 0.25) is 0 Å². The van der Waals surface area contributed by atoms with Gasteiger partial charge in [-0.1, -0.05) is 145 Å². The van der Waals surface area contributed by atoms with Crippen molar-refractivity contribution in [1.29, 1.82) is 0 Å². The first kappa shape index (κ1) is 39.7. The minimum atomic E-state index is -0.265. The Labute approximate surface area is 281 Å². The molecule has 0 saturated carbocycles.